The second-order valence-corrected chi connectivity index (χ2v) is 7.38. The second kappa shape index (κ2) is 7.50. The van der Waals surface area contributed by atoms with Gasteiger partial charge in [0.25, 0.3) is 5.56 Å². The Morgan fingerprint density at radius 2 is 1.89 bits per heavy atom. The van der Waals surface area contributed by atoms with Crippen LogP contribution in [0, 0.1) is 0 Å². The van der Waals surface area contributed by atoms with Crippen LogP contribution in [0.2, 0.25) is 0 Å². The van der Waals surface area contributed by atoms with Crippen molar-refractivity contribution in [3.63, 3.8) is 0 Å². The highest BCUT2D eigenvalue weighted by Crippen LogP contribution is 2.54. The molecule has 2 aromatic carbocycles. The van der Waals surface area contributed by atoms with Gasteiger partial charge in [-0.2, -0.15) is 0 Å². The average molecular weight is 375 g/mol. The number of ether oxygens (including phenoxy) is 1. The van der Waals surface area contributed by atoms with Crippen molar-refractivity contribution >= 4 is 5.95 Å². The predicted octanol–water partition coefficient (Wildman–Crippen LogP) is 4.09. The molecule has 0 radical (unpaired) electrons. The maximum atomic E-state index is 12.0. The van der Waals surface area contributed by atoms with Crippen molar-refractivity contribution in [2.24, 2.45) is 7.05 Å². The van der Waals surface area contributed by atoms with Gasteiger partial charge in [0.1, 0.15) is 5.75 Å². The van der Waals surface area contributed by atoms with Gasteiger partial charge in [-0.25, -0.2) is 4.98 Å². The number of nitrogen functional groups attached to an aromatic ring is 1. The number of aromatic nitrogens is 2. The molecule has 2 atom stereocenters. The zero-order chi connectivity index (χ0) is 19.7. The molecule has 144 valence electrons. The molecule has 0 aliphatic heterocycles. The summed E-state index contributed by atoms with van der Waals surface area (Å²) in [7, 11) is 1.64. The smallest absolute Gasteiger partial charge is 0.254 e. The quantitative estimate of drug-likeness (QED) is 0.704. The first-order valence-electron chi connectivity index (χ1n) is 9.73. The summed E-state index contributed by atoms with van der Waals surface area (Å²) in [6.45, 7) is 2.83. The first kappa shape index (κ1) is 18.3. The Bertz CT molecular complexity index is 1040. The number of nitrogens with zero attached hydrogens (tertiary/aromatic N) is 2. The largest absolute Gasteiger partial charge is 0.494 e. The van der Waals surface area contributed by atoms with Crippen LogP contribution in [0.1, 0.15) is 42.9 Å². The third-order valence-electron chi connectivity index (χ3n) is 5.34. The van der Waals surface area contributed by atoms with E-state index in [9.17, 15) is 4.79 Å². The number of nitrogens with two attached hydrogens (primary N) is 1. The summed E-state index contributed by atoms with van der Waals surface area (Å²) in [5.74, 6) is 1.84. The first-order chi connectivity index (χ1) is 13.6. The number of hydrogen-bond donors (Lipinski definition) is 1. The molecule has 0 unspecified atom stereocenters. The molecule has 0 amide bonds. The summed E-state index contributed by atoms with van der Waals surface area (Å²) in [5.41, 5.74) is 10.1. The molecule has 0 spiro atoms. The Hall–Kier alpha value is -3.08. The van der Waals surface area contributed by atoms with Gasteiger partial charge in [0.15, 0.2) is 0 Å². The molecule has 2 N–H and O–H groups in total. The lowest BCUT2D eigenvalue weighted by Crippen LogP contribution is -2.21. The minimum Gasteiger partial charge on any atom is -0.494 e. The van der Waals surface area contributed by atoms with Gasteiger partial charge in [-0.1, -0.05) is 43.3 Å². The van der Waals surface area contributed by atoms with Gasteiger partial charge >= 0.3 is 0 Å². The van der Waals surface area contributed by atoms with Gasteiger partial charge in [0.05, 0.1) is 12.3 Å². The van der Waals surface area contributed by atoms with E-state index in [0.717, 1.165) is 36.5 Å². The molecule has 1 heterocycles. The molecule has 1 aliphatic carbocycles. The average Bonchev–Trinajstić information content (AvgIpc) is 3.51. The predicted molar refractivity (Wildman–Crippen MR) is 112 cm³/mol. The number of hydrogen-bond acceptors (Lipinski definition) is 4. The lowest BCUT2D eigenvalue weighted by Gasteiger charge is -2.08. The van der Waals surface area contributed by atoms with Crippen LogP contribution in [-0.4, -0.2) is 16.2 Å². The molecule has 1 aromatic heterocycles. The van der Waals surface area contributed by atoms with E-state index in [4.69, 9.17) is 10.5 Å². The summed E-state index contributed by atoms with van der Waals surface area (Å²) < 4.78 is 7.10. The number of benzene rings is 2. The fraction of sp³-hybridized carbons (Fsp3) is 0.304. The van der Waals surface area contributed by atoms with Crippen LogP contribution >= 0.6 is 0 Å². The molecule has 5 nitrogen and oxygen atoms in total. The zero-order valence-corrected chi connectivity index (χ0v) is 16.3. The van der Waals surface area contributed by atoms with E-state index in [2.05, 4.69) is 48.3 Å². The van der Waals surface area contributed by atoms with Gasteiger partial charge < -0.3 is 10.5 Å². The third-order valence-corrected chi connectivity index (χ3v) is 5.34. The van der Waals surface area contributed by atoms with Crippen LogP contribution < -0.4 is 16.0 Å². The van der Waals surface area contributed by atoms with Gasteiger partial charge in [0.2, 0.25) is 5.95 Å². The van der Waals surface area contributed by atoms with E-state index in [1.807, 2.05) is 12.1 Å². The maximum absolute atomic E-state index is 12.0. The summed E-state index contributed by atoms with van der Waals surface area (Å²) >= 11 is 0. The molecule has 1 fully saturated rings. The fourth-order valence-corrected chi connectivity index (χ4v) is 3.56. The summed E-state index contributed by atoms with van der Waals surface area (Å²) in [6.07, 6.45) is 1.99. The van der Waals surface area contributed by atoms with Gasteiger partial charge in [0, 0.05) is 19.0 Å². The molecule has 1 saturated carbocycles. The molecule has 0 bridgehead atoms. The van der Waals surface area contributed by atoms with Crippen molar-refractivity contribution in [1.82, 2.24) is 9.55 Å². The zero-order valence-electron chi connectivity index (χ0n) is 16.3. The highest BCUT2D eigenvalue weighted by molar-refractivity contribution is 5.65. The normalized spacial score (nSPS) is 18.1. The lowest BCUT2D eigenvalue weighted by atomic mass is 10.0. The van der Waals surface area contributed by atoms with Crippen molar-refractivity contribution in [3.8, 4) is 16.9 Å². The Morgan fingerprint density at radius 1 is 1.11 bits per heavy atom. The van der Waals surface area contributed by atoms with E-state index in [-0.39, 0.29) is 17.4 Å². The molecular weight excluding hydrogens is 350 g/mol. The summed E-state index contributed by atoms with van der Waals surface area (Å²) in [4.78, 5) is 16.4. The Morgan fingerprint density at radius 3 is 2.61 bits per heavy atom. The monoisotopic (exact) mass is 375 g/mol. The van der Waals surface area contributed by atoms with Gasteiger partial charge in [-0.3, -0.25) is 9.36 Å². The van der Waals surface area contributed by atoms with Crippen LogP contribution in [0.3, 0.4) is 0 Å². The van der Waals surface area contributed by atoms with E-state index < -0.39 is 0 Å². The fourth-order valence-electron chi connectivity index (χ4n) is 3.56. The minimum atomic E-state index is -0.103. The third kappa shape index (κ3) is 3.65. The highest BCUT2D eigenvalue weighted by Gasteiger charge is 2.41. The van der Waals surface area contributed by atoms with Crippen molar-refractivity contribution in [3.05, 3.63) is 76.2 Å². The van der Waals surface area contributed by atoms with Gasteiger partial charge in [-0.15, -0.1) is 0 Å². The molecule has 3 aromatic rings. The SMILES string of the molecule is CCCOc1cccc(-c2ccc([C@@H]3C[C@@H]3c3cc(=O)n(C)c(N)n3)cc2)c1. The second-order valence-electron chi connectivity index (χ2n) is 7.38. The highest BCUT2D eigenvalue weighted by atomic mass is 16.5. The lowest BCUT2D eigenvalue weighted by molar-refractivity contribution is 0.317. The van der Waals surface area contributed by atoms with E-state index in [1.54, 1.807) is 13.1 Å². The standard InChI is InChI=1S/C23H25N3O2/c1-3-11-28-18-6-4-5-17(12-18)15-7-9-16(10-8-15)19-13-20(19)21-14-22(27)26(2)23(24)25-21/h4-10,12,14,19-20H,3,11,13H2,1-2H3,(H2,24,25)/t19-,20-/m0/s1. The molecule has 4 rings (SSSR count). The summed E-state index contributed by atoms with van der Waals surface area (Å²) in [6, 6.07) is 18.4. The number of rotatable bonds is 6. The van der Waals surface area contributed by atoms with Crippen LogP contribution in [0.15, 0.2) is 59.4 Å². The van der Waals surface area contributed by atoms with E-state index in [0.29, 0.717) is 5.92 Å². The van der Waals surface area contributed by atoms with E-state index in [1.165, 1.54) is 15.7 Å². The molecular formula is C23H25N3O2. The topological polar surface area (TPSA) is 70.1 Å². The Labute approximate surface area is 164 Å². The van der Waals surface area contributed by atoms with Crippen molar-refractivity contribution in [2.45, 2.75) is 31.6 Å². The van der Waals surface area contributed by atoms with Crippen molar-refractivity contribution < 1.29 is 4.74 Å². The maximum Gasteiger partial charge on any atom is 0.254 e. The van der Waals surface area contributed by atoms with Gasteiger partial charge in [-0.05, 0) is 47.6 Å². The van der Waals surface area contributed by atoms with Crippen LogP contribution in [0.4, 0.5) is 5.95 Å². The van der Waals surface area contributed by atoms with Crippen molar-refractivity contribution in [1.29, 1.82) is 0 Å². The molecule has 5 heteroatoms. The van der Waals surface area contributed by atoms with Crippen LogP contribution in [-0.2, 0) is 7.05 Å². The Kier molecular flexibility index (Phi) is 4.90. The number of anilines is 1. The molecule has 28 heavy (non-hydrogen) atoms. The Balaban J connectivity index is 1.50. The van der Waals surface area contributed by atoms with Crippen LogP contribution in [0.25, 0.3) is 11.1 Å². The molecule has 0 saturated heterocycles. The first-order valence-corrected chi connectivity index (χ1v) is 9.73. The summed E-state index contributed by atoms with van der Waals surface area (Å²) in [5, 5.41) is 0. The minimum absolute atomic E-state index is 0.103. The molecule has 1 aliphatic rings. The van der Waals surface area contributed by atoms with Crippen molar-refractivity contribution in [2.75, 3.05) is 12.3 Å². The van der Waals surface area contributed by atoms with E-state index >= 15 is 0 Å². The van der Waals surface area contributed by atoms with Crippen LogP contribution in [0.5, 0.6) is 5.75 Å².